The standard InChI is InChI=1S/C16H12FNO3/c17-10-4-3-5-11(8-10)18-15(19)9-14-12-6-1-2-7-13(12)16(20)21-14/h1-8,14H,9H2,(H,18,19)/t14-/m0/s1. The van der Waals surface area contributed by atoms with E-state index >= 15 is 0 Å². The molecular formula is C16H12FNO3. The van der Waals surface area contributed by atoms with Gasteiger partial charge in [-0.1, -0.05) is 24.3 Å². The van der Waals surface area contributed by atoms with Gasteiger partial charge in [0.25, 0.3) is 0 Å². The van der Waals surface area contributed by atoms with Crippen molar-refractivity contribution in [2.24, 2.45) is 0 Å². The molecule has 0 radical (unpaired) electrons. The molecule has 1 aliphatic rings. The third-order valence-corrected chi connectivity index (χ3v) is 3.26. The van der Waals surface area contributed by atoms with Crippen LogP contribution in [0.25, 0.3) is 0 Å². The third-order valence-electron chi connectivity index (χ3n) is 3.26. The Kier molecular flexibility index (Phi) is 3.39. The van der Waals surface area contributed by atoms with Crippen LogP contribution >= 0.6 is 0 Å². The highest BCUT2D eigenvalue weighted by molar-refractivity contribution is 5.96. The third kappa shape index (κ3) is 2.76. The van der Waals surface area contributed by atoms with Crippen LogP contribution in [0, 0.1) is 5.82 Å². The van der Waals surface area contributed by atoms with Gasteiger partial charge in [-0.2, -0.15) is 0 Å². The van der Waals surface area contributed by atoms with Crippen LogP contribution in [-0.4, -0.2) is 11.9 Å². The average molecular weight is 285 g/mol. The Balaban J connectivity index is 1.70. The SMILES string of the molecule is O=C(C[C@@H]1OC(=O)c2ccccc21)Nc1cccc(F)c1. The topological polar surface area (TPSA) is 55.4 Å². The maximum absolute atomic E-state index is 13.1. The van der Waals surface area contributed by atoms with E-state index in [-0.39, 0.29) is 12.3 Å². The normalized spacial score (nSPS) is 16.2. The second-order valence-corrected chi connectivity index (χ2v) is 4.74. The van der Waals surface area contributed by atoms with Gasteiger partial charge in [0, 0.05) is 11.3 Å². The van der Waals surface area contributed by atoms with Crippen LogP contribution in [0.4, 0.5) is 10.1 Å². The van der Waals surface area contributed by atoms with E-state index in [1.807, 2.05) is 0 Å². The molecule has 106 valence electrons. The van der Waals surface area contributed by atoms with E-state index in [4.69, 9.17) is 4.74 Å². The molecule has 0 saturated heterocycles. The number of nitrogens with one attached hydrogen (secondary N) is 1. The number of hydrogen-bond donors (Lipinski definition) is 1. The van der Waals surface area contributed by atoms with Gasteiger partial charge in [0.2, 0.25) is 5.91 Å². The van der Waals surface area contributed by atoms with E-state index < -0.39 is 17.9 Å². The Morgan fingerprint density at radius 3 is 2.81 bits per heavy atom. The molecular weight excluding hydrogens is 273 g/mol. The Morgan fingerprint density at radius 2 is 2.00 bits per heavy atom. The van der Waals surface area contributed by atoms with Gasteiger partial charge in [0.1, 0.15) is 11.9 Å². The van der Waals surface area contributed by atoms with Gasteiger partial charge < -0.3 is 10.1 Å². The summed E-state index contributed by atoms with van der Waals surface area (Å²) in [7, 11) is 0. The fourth-order valence-electron chi connectivity index (χ4n) is 2.32. The molecule has 3 rings (SSSR count). The molecule has 0 aliphatic carbocycles. The Bertz CT molecular complexity index is 714. The summed E-state index contributed by atoms with van der Waals surface area (Å²) in [6.45, 7) is 0. The number of rotatable bonds is 3. The first kappa shape index (κ1) is 13.3. The van der Waals surface area contributed by atoms with Crippen molar-refractivity contribution in [1.82, 2.24) is 0 Å². The first-order valence-electron chi connectivity index (χ1n) is 6.49. The molecule has 0 unspecified atom stereocenters. The summed E-state index contributed by atoms with van der Waals surface area (Å²) < 4.78 is 18.2. The molecule has 0 bridgehead atoms. The highest BCUT2D eigenvalue weighted by Gasteiger charge is 2.31. The number of halogens is 1. The van der Waals surface area contributed by atoms with Crippen molar-refractivity contribution in [3.8, 4) is 0 Å². The van der Waals surface area contributed by atoms with Gasteiger partial charge in [-0.3, -0.25) is 4.79 Å². The summed E-state index contributed by atoms with van der Waals surface area (Å²) in [4.78, 5) is 23.6. The van der Waals surface area contributed by atoms with Gasteiger partial charge in [-0.15, -0.1) is 0 Å². The van der Waals surface area contributed by atoms with Crippen molar-refractivity contribution in [2.45, 2.75) is 12.5 Å². The lowest BCUT2D eigenvalue weighted by atomic mass is 10.0. The summed E-state index contributed by atoms with van der Waals surface area (Å²) in [5.41, 5.74) is 1.57. The van der Waals surface area contributed by atoms with Crippen LogP contribution in [-0.2, 0) is 9.53 Å². The zero-order valence-corrected chi connectivity index (χ0v) is 11.0. The molecule has 0 fully saturated rings. The molecule has 0 spiro atoms. The van der Waals surface area contributed by atoms with Crippen molar-refractivity contribution in [3.63, 3.8) is 0 Å². The first-order chi connectivity index (χ1) is 10.1. The molecule has 4 nitrogen and oxygen atoms in total. The molecule has 1 aliphatic heterocycles. The van der Waals surface area contributed by atoms with Crippen molar-refractivity contribution < 1.29 is 18.7 Å². The summed E-state index contributed by atoms with van der Waals surface area (Å²) in [6, 6.07) is 12.6. The minimum absolute atomic E-state index is 0.000728. The quantitative estimate of drug-likeness (QED) is 0.882. The van der Waals surface area contributed by atoms with Crippen molar-refractivity contribution >= 4 is 17.6 Å². The lowest BCUT2D eigenvalue weighted by molar-refractivity contribution is -0.118. The molecule has 2 aromatic rings. The van der Waals surface area contributed by atoms with Gasteiger partial charge in [0.05, 0.1) is 12.0 Å². The lowest BCUT2D eigenvalue weighted by Gasteiger charge is -2.11. The van der Waals surface area contributed by atoms with Crippen LogP contribution in [0.1, 0.15) is 28.4 Å². The van der Waals surface area contributed by atoms with Crippen LogP contribution in [0.15, 0.2) is 48.5 Å². The van der Waals surface area contributed by atoms with Gasteiger partial charge in [0.15, 0.2) is 0 Å². The Morgan fingerprint density at radius 1 is 1.19 bits per heavy atom. The fraction of sp³-hybridized carbons (Fsp3) is 0.125. The number of benzene rings is 2. The molecule has 1 N–H and O–H groups in total. The molecule has 2 aromatic carbocycles. The van der Waals surface area contributed by atoms with Crippen LogP contribution < -0.4 is 5.32 Å². The molecule has 1 heterocycles. The molecule has 1 atom stereocenters. The lowest BCUT2D eigenvalue weighted by Crippen LogP contribution is -2.15. The van der Waals surface area contributed by atoms with E-state index in [0.29, 0.717) is 16.8 Å². The minimum atomic E-state index is -0.595. The number of hydrogen-bond acceptors (Lipinski definition) is 3. The number of amides is 1. The van der Waals surface area contributed by atoms with Gasteiger partial charge in [-0.05, 0) is 24.3 Å². The molecule has 0 aromatic heterocycles. The highest BCUT2D eigenvalue weighted by Crippen LogP contribution is 2.32. The number of ether oxygens (including phenoxy) is 1. The van der Waals surface area contributed by atoms with Crippen LogP contribution in [0.3, 0.4) is 0 Å². The summed E-state index contributed by atoms with van der Waals surface area (Å²) in [5.74, 6) is -1.19. The molecule has 21 heavy (non-hydrogen) atoms. The van der Waals surface area contributed by atoms with Crippen molar-refractivity contribution in [3.05, 3.63) is 65.5 Å². The summed E-state index contributed by atoms with van der Waals surface area (Å²) in [6.07, 6.45) is -0.596. The average Bonchev–Trinajstić information content (AvgIpc) is 2.76. The van der Waals surface area contributed by atoms with Crippen LogP contribution in [0.5, 0.6) is 0 Å². The number of carbonyl (C=O) groups excluding carboxylic acids is 2. The van der Waals surface area contributed by atoms with Crippen molar-refractivity contribution in [1.29, 1.82) is 0 Å². The van der Waals surface area contributed by atoms with E-state index in [1.165, 1.54) is 18.2 Å². The number of cyclic esters (lactones) is 1. The predicted octanol–water partition coefficient (Wildman–Crippen LogP) is 3.07. The first-order valence-corrected chi connectivity index (χ1v) is 6.49. The predicted molar refractivity (Wildman–Crippen MR) is 74.2 cm³/mol. The van der Waals surface area contributed by atoms with E-state index in [0.717, 1.165) is 0 Å². The number of esters is 1. The number of carbonyl (C=O) groups is 2. The zero-order chi connectivity index (χ0) is 14.8. The molecule has 1 amide bonds. The van der Waals surface area contributed by atoms with Crippen LogP contribution in [0.2, 0.25) is 0 Å². The second-order valence-electron chi connectivity index (χ2n) is 4.74. The van der Waals surface area contributed by atoms with E-state index in [1.54, 1.807) is 30.3 Å². The maximum Gasteiger partial charge on any atom is 0.339 e. The minimum Gasteiger partial charge on any atom is -0.453 e. The largest absolute Gasteiger partial charge is 0.453 e. The fourth-order valence-corrected chi connectivity index (χ4v) is 2.32. The molecule has 5 heteroatoms. The summed E-state index contributed by atoms with van der Waals surface area (Å²) in [5, 5.41) is 2.59. The smallest absolute Gasteiger partial charge is 0.339 e. The maximum atomic E-state index is 13.1. The number of fused-ring (bicyclic) bond motifs is 1. The Labute approximate surface area is 120 Å². The number of anilines is 1. The zero-order valence-electron chi connectivity index (χ0n) is 11.0. The van der Waals surface area contributed by atoms with Crippen molar-refractivity contribution in [2.75, 3.05) is 5.32 Å². The van der Waals surface area contributed by atoms with Gasteiger partial charge in [-0.25, -0.2) is 9.18 Å². The monoisotopic (exact) mass is 285 g/mol. The Hall–Kier alpha value is -2.69. The molecule has 0 saturated carbocycles. The van der Waals surface area contributed by atoms with E-state index in [2.05, 4.69) is 5.32 Å². The highest BCUT2D eigenvalue weighted by atomic mass is 19.1. The second kappa shape index (κ2) is 5.36. The van der Waals surface area contributed by atoms with E-state index in [9.17, 15) is 14.0 Å². The van der Waals surface area contributed by atoms with Gasteiger partial charge >= 0.3 is 5.97 Å². The summed E-state index contributed by atoms with van der Waals surface area (Å²) >= 11 is 0.